The number of rotatable bonds is 4. The molecule has 18 heavy (non-hydrogen) atoms. The Morgan fingerprint density at radius 3 is 2.56 bits per heavy atom. The van der Waals surface area contributed by atoms with Crippen molar-refractivity contribution in [2.45, 2.75) is 6.42 Å². The lowest BCUT2D eigenvalue weighted by molar-refractivity contribution is 0.0993. The molecule has 0 aliphatic heterocycles. The van der Waals surface area contributed by atoms with Crippen LogP contribution in [0.2, 0.25) is 0 Å². The van der Waals surface area contributed by atoms with Gasteiger partial charge in [-0.2, -0.15) is 0 Å². The van der Waals surface area contributed by atoms with Crippen molar-refractivity contribution in [3.05, 3.63) is 64.1 Å². The van der Waals surface area contributed by atoms with Crippen LogP contribution in [0.4, 0.5) is 0 Å². The van der Waals surface area contributed by atoms with Crippen molar-refractivity contribution in [1.82, 2.24) is 0 Å². The highest BCUT2D eigenvalue weighted by Gasteiger charge is 2.07. The Morgan fingerprint density at radius 2 is 1.89 bits per heavy atom. The van der Waals surface area contributed by atoms with Gasteiger partial charge in [-0.25, -0.2) is 0 Å². The molecular weight excluding hydrogens is 292 g/mol. The van der Waals surface area contributed by atoms with Crippen molar-refractivity contribution < 1.29 is 9.53 Å². The van der Waals surface area contributed by atoms with Crippen molar-refractivity contribution >= 4 is 21.7 Å². The Hall–Kier alpha value is -1.61. The summed E-state index contributed by atoms with van der Waals surface area (Å²) in [4.78, 5) is 12.1. The summed E-state index contributed by atoms with van der Waals surface area (Å²) in [6.45, 7) is 0. The maximum absolute atomic E-state index is 12.1. The standard InChI is InChI=1S/C15H13BrO2/c1-18-14-4-2-3-11(9-14)10-15(17)12-5-7-13(16)8-6-12/h2-9H,10H2,1H3. The summed E-state index contributed by atoms with van der Waals surface area (Å²) in [5.41, 5.74) is 1.68. The van der Waals surface area contributed by atoms with Crippen LogP contribution in [0.1, 0.15) is 15.9 Å². The molecule has 0 spiro atoms. The summed E-state index contributed by atoms with van der Waals surface area (Å²) in [5, 5.41) is 0. The SMILES string of the molecule is COc1cccc(CC(=O)c2ccc(Br)cc2)c1. The fraction of sp³-hybridized carbons (Fsp3) is 0.133. The Labute approximate surface area is 115 Å². The van der Waals surface area contributed by atoms with Gasteiger partial charge in [-0.15, -0.1) is 0 Å². The number of benzene rings is 2. The number of hydrogen-bond donors (Lipinski definition) is 0. The van der Waals surface area contributed by atoms with Gasteiger partial charge in [-0.05, 0) is 29.8 Å². The van der Waals surface area contributed by atoms with Gasteiger partial charge in [-0.1, -0.05) is 40.2 Å². The molecule has 0 unspecified atom stereocenters. The summed E-state index contributed by atoms with van der Waals surface area (Å²) in [7, 11) is 1.62. The van der Waals surface area contributed by atoms with Gasteiger partial charge >= 0.3 is 0 Å². The average Bonchev–Trinajstić information content (AvgIpc) is 2.39. The van der Waals surface area contributed by atoms with Crippen molar-refractivity contribution in [3.8, 4) is 5.75 Å². The first-order valence-corrected chi connectivity index (χ1v) is 6.40. The van der Waals surface area contributed by atoms with E-state index in [1.54, 1.807) is 7.11 Å². The maximum Gasteiger partial charge on any atom is 0.167 e. The molecule has 2 aromatic carbocycles. The van der Waals surface area contributed by atoms with E-state index in [-0.39, 0.29) is 5.78 Å². The molecule has 0 heterocycles. The Balaban J connectivity index is 2.13. The van der Waals surface area contributed by atoms with E-state index in [0.29, 0.717) is 6.42 Å². The first-order valence-electron chi connectivity index (χ1n) is 5.61. The highest BCUT2D eigenvalue weighted by Crippen LogP contribution is 2.16. The number of halogens is 1. The molecule has 0 aliphatic rings. The third-order valence-electron chi connectivity index (χ3n) is 2.67. The number of hydrogen-bond acceptors (Lipinski definition) is 2. The first-order chi connectivity index (χ1) is 8.69. The third kappa shape index (κ3) is 3.20. The smallest absolute Gasteiger partial charge is 0.167 e. The Kier molecular flexibility index (Phi) is 4.15. The molecule has 0 saturated heterocycles. The van der Waals surface area contributed by atoms with Crippen LogP contribution < -0.4 is 4.74 Å². The molecule has 0 aromatic heterocycles. The molecule has 0 aliphatic carbocycles. The van der Waals surface area contributed by atoms with Crippen molar-refractivity contribution in [2.75, 3.05) is 7.11 Å². The lowest BCUT2D eigenvalue weighted by Gasteiger charge is -2.04. The van der Waals surface area contributed by atoms with E-state index in [1.165, 1.54) is 0 Å². The number of ether oxygens (including phenoxy) is 1. The summed E-state index contributed by atoms with van der Waals surface area (Å²) in [6.07, 6.45) is 0.388. The average molecular weight is 305 g/mol. The van der Waals surface area contributed by atoms with Crippen LogP contribution in [-0.2, 0) is 6.42 Å². The van der Waals surface area contributed by atoms with Gasteiger partial charge in [0.2, 0.25) is 0 Å². The topological polar surface area (TPSA) is 26.3 Å². The number of methoxy groups -OCH3 is 1. The molecule has 2 aromatic rings. The van der Waals surface area contributed by atoms with Crippen LogP contribution >= 0.6 is 15.9 Å². The van der Waals surface area contributed by atoms with E-state index in [9.17, 15) is 4.79 Å². The van der Waals surface area contributed by atoms with Gasteiger partial charge in [-0.3, -0.25) is 4.79 Å². The van der Waals surface area contributed by atoms with Gasteiger partial charge in [0.05, 0.1) is 7.11 Å². The summed E-state index contributed by atoms with van der Waals surface area (Å²) in [6, 6.07) is 15.0. The minimum atomic E-state index is 0.107. The second-order valence-corrected chi connectivity index (χ2v) is 4.87. The quantitative estimate of drug-likeness (QED) is 0.801. The zero-order valence-corrected chi connectivity index (χ0v) is 11.6. The second-order valence-electron chi connectivity index (χ2n) is 3.96. The molecule has 2 nitrogen and oxygen atoms in total. The van der Waals surface area contributed by atoms with E-state index in [2.05, 4.69) is 15.9 Å². The van der Waals surface area contributed by atoms with E-state index < -0.39 is 0 Å². The van der Waals surface area contributed by atoms with Gasteiger partial charge in [0.1, 0.15) is 5.75 Å². The second kappa shape index (κ2) is 5.83. The Morgan fingerprint density at radius 1 is 1.17 bits per heavy atom. The fourth-order valence-corrected chi connectivity index (χ4v) is 1.97. The molecule has 0 amide bonds. The minimum absolute atomic E-state index is 0.107. The molecule has 0 bridgehead atoms. The lowest BCUT2D eigenvalue weighted by Crippen LogP contribution is -2.03. The normalized spacial score (nSPS) is 10.1. The molecule has 3 heteroatoms. The Bertz CT molecular complexity index is 547. The van der Waals surface area contributed by atoms with Crippen LogP contribution in [0, 0.1) is 0 Å². The lowest BCUT2D eigenvalue weighted by atomic mass is 10.0. The van der Waals surface area contributed by atoms with Gasteiger partial charge < -0.3 is 4.74 Å². The number of carbonyl (C=O) groups is 1. The first kappa shape index (κ1) is 12.8. The van der Waals surface area contributed by atoms with Crippen molar-refractivity contribution in [2.24, 2.45) is 0 Å². The maximum atomic E-state index is 12.1. The van der Waals surface area contributed by atoms with E-state index in [1.807, 2.05) is 48.5 Å². The van der Waals surface area contributed by atoms with Gasteiger partial charge in [0.25, 0.3) is 0 Å². The van der Waals surface area contributed by atoms with Crippen LogP contribution in [0.3, 0.4) is 0 Å². The number of Topliss-reactive ketones (excluding diaryl/α,β-unsaturated/α-hetero) is 1. The highest BCUT2D eigenvalue weighted by atomic mass is 79.9. The molecule has 0 radical (unpaired) electrons. The molecule has 92 valence electrons. The highest BCUT2D eigenvalue weighted by molar-refractivity contribution is 9.10. The largest absolute Gasteiger partial charge is 0.497 e. The molecular formula is C15H13BrO2. The van der Waals surface area contributed by atoms with Crippen molar-refractivity contribution in [1.29, 1.82) is 0 Å². The minimum Gasteiger partial charge on any atom is -0.497 e. The van der Waals surface area contributed by atoms with Crippen LogP contribution in [0.15, 0.2) is 53.0 Å². The van der Waals surface area contributed by atoms with E-state index >= 15 is 0 Å². The van der Waals surface area contributed by atoms with Gasteiger partial charge in [0.15, 0.2) is 5.78 Å². The predicted octanol–water partition coefficient (Wildman–Crippen LogP) is 3.88. The summed E-state index contributed by atoms with van der Waals surface area (Å²) >= 11 is 3.35. The third-order valence-corrected chi connectivity index (χ3v) is 3.19. The monoisotopic (exact) mass is 304 g/mol. The number of carbonyl (C=O) groups excluding carboxylic acids is 1. The zero-order chi connectivity index (χ0) is 13.0. The molecule has 0 saturated carbocycles. The van der Waals surface area contributed by atoms with Crippen LogP contribution in [0.5, 0.6) is 5.75 Å². The zero-order valence-electron chi connectivity index (χ0n) is 10.0. The summed E-state index contributed by atoms with van der Waals surface area (Å²) in [5.74, 6) is 0.881. The predicted molar refractivity (Wildman–Crippen MR) is 75.2 cm³/mol. The van der Waals surface area contributed by atoms with Gasteiger partial charge in [0, 0.05) is 16.5 Å². The number of ketones is 1. The molecule has 0 atom stereocenters. The van der Waals surface area contributed by atoms with E-state index in [0.717, 1.165) is 21.3 Å². The molecule has 0 N–H and O–H groups in total. The summed E-state index contributed by atoms with van der Waals surface area (Å²) < 4.78 is 6.11. The fourth-order valence-electron chi connectivity index (χ4n) is 1.71. The van der Waals surface area contributed by atoms with Crippen molar-refractivity contribution in [3.63, 3.8) is 0 Å². The molecule has 2 rings (SSSR count). The van der Waals surface area contributed by atoms with Crippen LogP contribution in [-0.4, -0.2) is 12.9 Å². The van der Waals surface area contributed by atoms with Crippen LogP contribution in [0.25, 0.3) is 0 Å². The van der Waals surface area contributed by atoms with E-state index in [4.69, 9.17) is 4.74 Å². The molecule has 0 fully saturated rings.